The van der Waals surface area contributed by atoms with Gasteiger partial charge >= 0.3 is 5.97 Å². The molecule has 1 unspecified atom stereocenters. The largest absolute Gasteiger partial charge is 0.493 e. The van der Waals surface area contributed by atoms with E-state index in [-0.39, 0.29) is 24.6 Å². The van der Waals surface area contributed by atoms with Crippen LogP contribution in [0.25, 0.3) is 22.0 Å². The molecule has 0 saturated heterocycles. The van der Waals surface area contributed by atoms with Crippen LogP contribution in [0.5, 0.6) is 17.2 Å². The maximum Gasteiger partial charge on any atom is 0.322 e. The maximum atomic E-state index is 13.3. The number of hydrogen-bond donors (Lipinski definition) is 1. The Kier molecular flexibility index (Phi) is 8.94. The Morgan fingerprint density at radius 2 is 1.62 bits per heavy atom. The zero-order valence-electron chi connectivity index (χ0n) is 23.6. The van der Waals surface area contributed by atoms with Crippen LogP contribution < -0.4 is 19.9 Å². The molecule has 0 spiro atoms. The van der Waals surface area contributed by atoms with Gasteiger partial charge in [-0.15, -0.1) is 0 Å². The molecule has 0 saturated carbocycles. The molecule has 1 aliphatic rings. The second kappa shape index (κ2) is 12.4. The van der Waals surface area contributed by atoms with E-state index in [0.29, 0.717) is 64.8 Å². The molecule has 0 fully saturated rings. The zero-order valence-corrected chi connectivity index (χ0v) is 23.6. The summed E-state index contributed by atoms with van der Waals surface area (Å²) < 4.78 is 23.8. The minimum absolute atomic E-state index is 0.215. The molecule has 2 N–H and O–H groups in total. The van der Waals surface area contributed by atoms with E-state index in [1.165, 1.54) is 21.3 Å². The van der Waals surface area contributed by atoms with E-state index in [9.17, 15) is 14.4 Å². The molecule has 0 aliphatic heterocycles. The van der Waals surface area contributed by atoms with Crippen LogP contribution >= 0.6 is 0 Å². The van der Waals surface area contributed by atoms with Crippen molar-refractivity contribution < 1.29 is 33.3 Å². The number of carbonyl (C=O) groups is 3. The Morgan fingerprint density at radius 3 is 2.25 bits per heavy atom. The third kappa shape index (κ3) is 5.74. The lowest BCUT2D eigenvalue weighted by atomic mass is 9.95. The summed E-state index contributed by atoms with van der Waals surface area (Å²) in [6.07, 6.45) is 2.80. The average molecular weight is 549 g/mol. The van der Waals surface area contributed by atoms with E-state index >= 15 is 0 Å². The summed E-state index contributed by atoms with van der Waals surface area (Å²) in [4.78, 5) is 38.7. The molecule has 212 valence electrons. The monoisotopic (exact) mass is 548 g/mol. The molecule has 9 nitrogen and oxygen atoms in total. The van der Waals surface area contributed by atoms with Crippen molar-refractivity contribution in [2.45, 2.75) is 45.7 Å². The normalized spacial score (nSPS) is 14.3. The summed E-state index contributed by atoms with van der Waals surface area (Å²) in [6, 6.07) is 10.4. The average Bonchev–Trinajstić information content (AvgIpc) is 3.44. The second-order valence-electron chi connectivity index (χ2n) is 10.2. The number of para-hydroxylation sites is 1. The Hall–Kier alpha value is -4.11. The van der Waals surface area contributed by atoms with Crippen molar-refractivity contribution >= 4 is 39.6 Å². The number of aryl methyl sites for hydroxylation is 1. The zero-order chi connectivity index (χ0) is 29.0. The third-order valence-corrected chi connectivity index (χ3v) is 6.96. The number of fused-ring (bicyclic) bond motifs is 1. The number of carbonyl (C=O) groups excluding carboxylic acids is 3. The lowest BCUT2D eigenvalue weighted by molar-refractivity contribution is -0.145. The van der Waals surface area contributed by atoms with Crippen molar-refractivity contribution in [2.24, 2.45) is 11.7 Å². The molecular formula is C31H36N2O7. The number of benzene rings is 2. The predicted molar refractivity (Wildman–Crippen MR) is 152 cm³/mol. The van der Waals surface area contributed by atoms with Crippen LogP contribution in [0.4, 0.5) is 0 Å². The topological polar surface area (TPSA) is 119 Å². The molecule has 0 amide bonds. The Morgan fingerprint density at radius 1 is 0.975 bits per heavy atom. The van der Waals surface area contributed by atoms with Crippen LogP contribution in [-0.4, -0.2) is 56.1 Å². The Balaban J connectivity index is 1.70. The first-order valence-electron chi connectivity index (χ1n) is 13.3. The van der Waals surface area contributed by atoms with Gasteiger partial charge in [-0.25, -0.2) is 0 Å². The predicted octanol–water partition coefficient (Wildman–Crippen LogP) is 4.43. The first-order valence-corrected chi connectivity index (χ1v) is 13.3. The van der Waals surface area contributed by atoms with Gasteiger partial charge in [-0.1, -0.05) is 32.0 Å². The van der Waals surface area contributed by atoms with Crippen molar-refractivity contribution in [2.75, 3.05) is 27.9 Å². The van der Waals surface area contributed by atoms with Crippen LogP contribution in [0.1, 0.15) is 44.2 Å². The Bertz CT molecular complexity index is 1440. The molecule has 1 aliphatic carbocycles. The number of ether oxygens (including phenoxy) is 4. The van der Waals surface area contributed by atoms with Crippen LogP contribution in [-0.2, 0) is 25.7 Å². The van der Waals surface area contributed by atoms with Gasteiger partial charge in [-0.3, -0.25) is 14.4 Å². The molecule has 9 heteroatoms. The van der Waals surface area contributed by atoms with E-state index < -0.39 is 12.0 Å². The van der Waals surface area contributed by atoms with Crippen molar-refractivity contribution in [3.63, 3.8) is 0 Å². The number of rotatable bonds is 12. The fourth-order valence-electron chi connectivity index (χ4n) is 5.17. The van der Waals surface area contributed by atoms with Gasteiger partial charge in [-0.05, 0) is 42.5 Å². The van der Waals surface area contributed by atoms with Crippen molar-refractivity contribution in [3.05, 3.63) is 53.7 Å². The molecule has 1 atom stereocenters. The van der Waals surface area contributed by atoms with Crippen molar-refractivity contribution in [1.29, 1.82) is 0 Å². The number of nitrogens with zero attached hydrogens (tertiary/aromatic N) is 1. The fourth-order valence-corrected chi connectivity index (χ4v) is 5.17. The van der Waals surface area contributed by atoms with Gasteiger partial charge < -0.3 is 29.2 Å². The summed E-state index contributed by atoms with van der Waals surface area (Å²) in [7, 11) is 4.51. The number of hydrogen-bond acceptors (Lipinski definition) is 8. The van der Waals surface area contributed by atoms with Gasteiger partial charge in [-0.2, -0.15) is 0 Å². The molecule has 4 rings (SSSR count). The smallest absolute Gasteiger partial charge is 0.322 e. The van der Waals surface area contributed by atoms with E-state index in [0.717, 1.165) is 10.9 Å². The van der Waals surface area contributed by atoms with E-state index in [2.05, 4.69) is 0 Å². The molecule has 40 heavy (non-hydrogen) atoms. The van der Waals surface area contributed by atoms with E-state index in [4.69, 9.17) is 24.7 Å². The highest BCUT2D eigenvalue weighted by Gasteiger charge is 2.35. The van der Waals surface area contributed by atoms with Gasteiger partial charge in [0.25, 0.3) is 0 Å². The highest BCUT2D eigenvalue weighted by atomic mass is 16.5. The highest BCUT2D eigenvalue weighted by molar-refractivity contribution is 6.51. The maximum absolute atomic E-state index is 13.3. The van der Waals surface area contributed by atoms with Gasteiger partial charge in [0.05, 0.1) is 34.4 Å². The molecule has 0 radical (unpaired) electrons. The van der Waals surface area contributed by atoms with Crippen LogP contribution in [0, 0.1) is 5.92 Å². The van der Waals surface area contributed by atoms with Crippen LogP contribution in [0.3, 0.4) is 0 Å². The number of allylic oxidation sites excluding steroid dienone is 2. The first-order chi connectivity index (χ1) is 19.2. The molecular weight excluding hydrogens is 512 g/mol. The molecule has 0 bridgehead atoms. The van der Waals surface area contributed by atoms with Crippen molar-refractivity contribution in [1.82, 2.24) is 4.57 Å². The standard InChI is InChI=1S/C31H36N2O7/c1-18(2)13-22(32)31(36)40-12-8-11-33-17-21(20-9-6-7-10-23(20)33)29-25(35)16-24(34)28(29)19-14-26(37-3)30(39-5)27(15-19)38-4/h6-7,9-10,14-15,17-18,22H,8,11-13,16,32H2,1-5H3. The van der Waals surface area contributed by atoms with E-state index in [1.807, 2.05) is 48.9 Å². The van der Waals surface area contributed by atoms with Gasteiger partial charge in [0, 0.05) is 40.4 Å². The number of Topliss-reactive ketones (excluding diaryl/α,β-unsaturated/α-hetero) is 2. The molecule has 2 aromatic carbocycles. The number of esters is 1. The van der Waals surface area contributed by atoms with Gasteiger partial charge in [0.15, 0.2) is 23.1 Å². The molecule has 3 aromatic rings. The SMILES string of the molecule is COc1cc(C2=C(c3cn(CCCOC(=O)C(N)CC(C)C)c4ccccc34)C(=O)CC2=O)cc(OC)c1OC. The van der Waals surface area contributed by atoms with Crippen LogP contribution in [0.15, 0.2) is 42.6 Å². The number of ketones is 2. The summed E-state index contributed by atoms with van der Waals surface area (Å²) in [5.74, 6) is 0.566. The third-order valence-electron chi connectivity index (χ3n) is 6.96. The lowest BCUT2D eigenvalue weighted by Gasteiger charge is -2.15. The molecule has 1 aromatic heterocycles. The quantitative estimate of drug-likeness (QED) is 0.201. The number of methoxy groups -OCH3 is 3. The van der Waals surface area contributed by atoms with Gasteiger partial charge in [0.1, 0.15) is 6.04 Å². The van der Waals surface area contributed by atoms with Gasteiger partial charge in [0.2, 0.25) is 5.75 Å². The summed E-state index contributed by atoms with van der Waals surface area (Å²) >= 11 is 0. The Labute approximate surface area is 233 Å². The first kappa shape index (κ1) is 28.9. The number of aromatic nitrogens is 1. The number of nitrogens with two attached hydrogens (primary N) is 1. The molecule has 1 heterocycles. The minimum Gasteiger partial charge on any atom is -0.493 e. The lowest BCUT2D eigenvalue weighted by Crippen LogP contribution is -2.33. The summed E-state index contributed by atoms with van der Waals surface area (Å²) in [6.45, 7) is 4.78. The second-order valence-corrected chi connectivity index (χ2v) is 10.2. The fraction of sp³-hybridized carbons (Fsp3) is 0.387. The van der Waals surface area contributed by atoms with Crippen molar-refractivity contribution in [3.8, 4) is 17.2 Å². The highest BCUT2D eigenvalue weighted by Crippen LogP contribution is 2.44. The van der Waals surface area contributed by atoms with E-state index in [1.54, 1.807) is 12.1 Å². The minimum atomic E-state index is -0.634. The summed E-state index contributed by atoms with van der Waals surface area (Å²) in [5.41, 5.74) is 8.71. The van der Waals surface area contributed by atoms with Crippen LogP contribution in [0.2, 0.25) is 0 Å². The summed E-state index contributed by atoms with van der Waals surface area (Å²) in [5, 5.41) is 0.849.